The van der Waals surface area contributed by atoms with Crippen LogP contribution in [-0.4, -0.2) is 54.2 Å². The Bertz CT molecular complexity index is 323. The summed E-state index contributed by atoms with van der Waals surface area (Å²) < 4.78 is 5.36. The zero-order chi connectivity index (χ0) is 14.3. The summed E-state index contributed by atoms with van der Waals surface area (Å²) in [6.07, 6.45) is 2.44. The molecule has 0 atom stereocenters. The van der Waals surface area contributed by atoms with E-state index in [9.17, 15) is 4.79 Å². The van der Waals surface area contributed by atoms with Crippen LogP contribution in [0.2, 0.25) is 0 Å². The molecule has 0 aromatic heterocycles. The number of nitriles is 1. The molecule has 108 valence electrons. The Morgan fingerprint density at radius 2 is 1.84 bits per heavy atom. The third-order valence-electron chi connectivity index (χ3n) is 3.04. The Morgan fingerprint density at radius 1 is 1.21 bits per heavy atom. The number of ether oxygens (including phenoxy) is 1. The molecule has 5 heteroatoms. The second-order valence-electron chi connectivity index (χ2n) is 5.92. The number of amides is 1. The predicted octanol–water partition coefficient (Wildman–Crippen LogP) is 2.23. The van der Waals surface area contributed by atoms with Crippen LogP contribution in [0.5, 0.6) is 0 Å². The third-order valence-corrected chi connectivity index (χ3v) is 3.04. The van der Waals surface area contributed by atoms with Gasteiger partial charge in [0.15, 0.2) is 0 Å². The molecule has 1 rings (SSSR count). The van der Waals surface area contributed by atoms with Crippen LogP contribution in [0.1, 0.15) is 40.0 Å². The molecule has 1 amide bonds. The van der Waals surface area contributed by atoms with E-state index in [0.29, 0.717) is 6.42 Å². The average Bonchev–Trinajstić information content (AvgIpc) is 2.33. The number of piperazine rings is 1. The molecule has 0 unspecified atom stereocenters. The van der Waals surface area contributed by atoms with Crippen LogP contribution < -0.4 is 0 Å². The first kappa shape index (κ1) is 15.8. The predicted molar refractivity (Wildman–Crippen MR) is 73.7 cm³/mol. The van der Waals surface area contributed by atoms with Gasteiger partial charge < -0.3 is 9.64 Å². The molecule has 1 fully saturated rings. The van der Waals surface area contributed by atoms with Crippen molar-refractivity contribution >= 4 is 6.09 Å². The van der Waals surface area contributed by atoms with Crippen LogP contribution in [0, 0.1) is 11.3 Å². The van der Waals surface area contributed by atoms with Crippen molar-refractivity contribution in [1.29, 1.82) is 5.26 Å². The van der Waals surface area contributed by atoms with E-state index in [0.717, 1.165) is 45.6 Å². The van der Waals surface area contributed by atoms with Crippen molar-refractivity contribution in [2.24, 2.45) is 0 Å². The van der Waals surface area contributed by atoms with Crippen LogP contribution in [0.4, 0.5) is 4.79 Å². The van der Waals surface area contributed by atoms with Gasteiger partial charge in [-0.3, -0.25) is 4.90 Å². The number of hydrogen-bond acceptors (Lipinski definition) is 4. The van der Waals surface area contributed by atoms with E-state index in [1.165, 1.54) is 0 Å². The third kappa shape index (κ3) is 6.44. The first-order valence-electron chi connectivity index (χ1n) is 6.99. The van der Waals surface area contributed by atoms with Gasteiger partial charge in [-0.1, -0.05) is 0 Å². The Hall–Kier alpha value is -1.28. The van der Waals surface area contributed by atoms with Crippen molar-refractivity contribution in [3.05, 3.63) is 0 Å². The topological polar surface area (TPSA) is 56.6 Å². The van der Waals surface area contributed by atoms with E-state index in [1.807, 2.05) is 20.8 Å². The molecule has 5 nitrogen and oxygen atoms in total. The van der Waals surface area contributed by atoms with Gasteiger partial charge in [0.1, 0.15) is 5.60 Å². The fourth-order valence-corrected chi connectivity index (χ4v) is 2.02. The second-order valence-corrected chi connectivity index (χ2v) is 5.92. The highest BCUT2D eigenvalue weighted by molar-refractivity contribution is 5.68. The summed E-state index contributed by atoms with van der Waals surface area (Å²) in [4.78, 5) is 16.0. The molecular weight excluding hydrogens is 242 g/mol. The molecule has 0 aromatic rings. The maximum absolute atomic E-state index is 11.9. The smallest absolute Gasteiger partial charge is 0.410 e. The minimum Gasteiger partial charge on any atom is -0.444 e. The lowest BCUT2D eigenvalue weighted by molar-refractivity contribution is 0.0144. The summed E-state index contributed by atoms with van der Waals surface area (Å²) in [5.41, 5.74) is -0.425. The van der Waals surface area contributed by atoms with Gasteiger partial charge >= 0.3 is 6.09 Å². The van der Waals surface area contributed by atoms with Crippen LogP contribution >= 0.6 is 0 Å². The molecule has 0 aliphatic carbocycles. The van der Waals surface area contributed by atoms with E-state index in [1.54, 1.807) is 4.90 Å². The Labute approximate surface area is 116 Å². The molecule has 1 heterocycles. The number of carbonyl (C=O) groups is 1. The molecule has 19 heavy (non-hydrogen) atoms. The van der Waals surface area contributed by atoms with E-state index < -0.39 is 5.60 Å². The molecule has 1 aliphatic heterocycles. The lowest BCUT2D eigenvalue weighted by Crippen LogP contribution is -2.50. The van der Waals surface area contributed by atoms with Crippen molar-refractivity contribution in [3.63, 3.8) is 0 Å². The first-order chi connectivity index (χ1) is 8.92. The minimum absolute atomic E-state index is 0.211. The Balaban J connectivity index is 2.22. The van der Waals surface area contributed by atoms with Gasteiger partial charge in [0.2, 0.25) is 0 Å². The molecule has 0 saturated carbocycles. The van der Waals surface area contributed by atoms with Crippen LogP contribution in [0.3, 0.4) is 0 Å². The molecule has 1 saturated heterocycles. The largest absolute Gasteiger partial charge is 0.444 e. The van der Waals surface area contributed by atoms with Crippen molar-refractivity contribution in [1.82, 2.24) is 9.80 Å². The Kier molecular flexibility index (Phi) is 6.10. The quantitative estimate of drug-likeness (QED) is 0.733. The van der Waals surface area contributed by atoms with E-state index in [-0.39, 0.29) is 6.09 Å². The molecule has 0 aromatic carbocycles. The normalized spacial score (nSPS) is 17.1. The number of unbranched alkanes of at least 4 members (excludes halogenated alkanes) is 2. The molecular formula is C14H25N3O2. The SMILES string of the molecule is CC(C)(C)OC(=O)N1CCN(CCCCC#N)CC1. The van der Waals surface area contributed by atoms with Gasteiger partial charge in [0.05, 0.1) is 6.07 Å². The van der Waals surface area contributed by atoms with E-state index in [4.69, 9.17) is 10.00 Å². The number of rotatable bonds is 4. The monoisotopic (exact) mass is 267 g/mol. The zero-order valence-corrected chi connectivity index (χ0v) is 12.3. The highest BCUT2D eigenvalue weighted by Crippen LogP contribution is 2.12. The maximum atomic E-state index is 11.9. The van der Waals surface area contributed by atoms with E-state index in [2.05, 4.69) is 11.0 Å². The minimum atomic E-state index is -0.425. The van der Waals surface area contributed by atoms with Crippen LogP contribution in [0.25, 0.3) is 0 Å². The lowest BCUT2D eigenvalue weighted by Gasteiger charge is -2.35. The summed E-state index contributed by atoms with van der Waals surface area (Å²) in [5.74, 6) is 0. The summed E-state index contributed by atoms with van der Waals surface area (Å²) in [7, 11) is 0. The highest BCUT2D eigenvalue weighted by Gasteiger charge is 2.25. The summed E-state index contributed by atoms with van der Waals surface area (Å²) in [6.45, 7) is 9.92. The first-order valence-corrected chi connectivity index (χ1v) is 6.99. The van der Waals surface area contributed by atoms with Gasteiger partial charge in [-0.05, 0) is 40.2 Å². The summed E-state index contributed by atoms with van der Waals surface area (Å²) >= 11 is 0. The molecule has 0 spiro atoms. The van der Waals surface area contributed by atoms with Crippen LogP contribution in [-0.2, 0) is 4.74 Å². The highest BCUT2D eigenvalue weighted by atomic mass is 16.6. The lowest BCUT2D eigenvalue weighted by atomic mass is 10.2. The van der Waals surface area contributed by atoms with Gasteiger partial charge in [-0.15, -0.1) is 0 Å². The standard InChI is InChI=1S/C14H25N3O2/c1-14(2,3)19-13(18)17-11-9-16(10-12-17)8-6-4-5-7-15/h4-6,8-12H2,1-3H3. The zero-order valence-electron chi connectivity index (χ0n) is 12.3. The molecule has 0 radical (unpaired) electrons. The summed E-state index contributed by atoms with van der Waals surface area (Å²) in [6, 6.07) is 2.16. The molecule has 0 N–H and O–H groups in total. The molecule has 1 aliphatic rings. The maximum Gasteiger partial charge on any atom is 0.410 e. The summed E-state index contributed by atoms with van der Waals surface area (Å²) in [5, 5.41) is 8.47. The fourth-order valence-electron chi connectivity index (χ4n) is 2.02. The van der Waals surface area contributed by atoms with Crippen LogP contribution in [0.15, 0.2) is 0 Å². The van der Waals surface area contributed by atoms with Gasteiger partial charge in [-0.25, -0.2) is 4.79 Å². The van der Waals surface area contributed by atoms with Gasteiger partial charge in [0.25, 0.3) is 0 Å². The Morgan fingerprint density at radius 3 is 2.37 bits per heavy atom. The van der Waals surface area contributed by atoms with Crippen molar-refractivity contribution in [3.8, 4) is 6.07 Å². The van der Waals surface area contributed by atoms with Gasteiger partial charge in [0, 0.05) is 32.6 Å². The van der Waals surface area contributed by atoms with Crippen molar-refractivity contribution in [2.75, 3.05) is 32.7 Å². The van der Waals surface area contributed by atoms with Crippen molar-refractivity contribution < 1.29 is 9.53 Å². The van der Waals surface area contributed by atoms with Gasteiger partial charge in [-0.2, -0.15) is 5.26 Å². The van der Waals surface area contributed by atoms with E-state index >= 15 is 0 Å². The molecule has 0 bridgehead atoms. The average molecular weight is 267 g/mol. The number of hydrogen-bond donors (Lipinski definition) is 0. The fraction of sp³-hybridized carbons (Fsp3) is 0.857. The second kappa shape index (κ2) is 7.34. The van der Waals surface area contributed by atoms with Crippen molar-refractivity contribution in [2.45, 2.75) is 45.6 Å². The number of nitrogens with zero attached hydrogens (tertiary/aromatic N) is 3. The number of carbonyl (C=O) groups excluding carboxylic acids is 1.